The maximum absolute atomic E-state index is 6.15. The fraction of sp³-hybridized carbons (Fsp3) is 0.500. The van der Waals surface area contributed by atoms with Crippen molar-refractivity contribution in [2.75, 3.05) is 11.9 Å². The molecule has 0 bridgehead atoms. The van der Waals surface area contributed by atoms with Crippen molar-refractivity contribution in [1.29, 1.82) is 0 Å². The van der Waals surface area contributed by atoms with Gasteiger partial charge in [0.2, 0.25) is 0 Å². The van der Waals surface area contributed by atoms with Crippen LogP contribution in [0.5, 0.6) is 0 Å². The zero-order valence-corrected chi connectivity index (χ0v) is 16.1. The van der Waals surface area contributed by atoms with Crippen LogP contribution in [0.1, 0.15) is 43.3 Å². The summed E-state index contributed by atoms with van der Waals surface area (Å²) in [6, 6.07) is 8.48. The number of guanidine groups is 1. The Morgan fingerprint density at radius 2 is 1.88 bits per heavy atom. The second-order valence-corrected chi connectivity index (χ2v) is 6.72. The van der Waals surface area contributed by atoms with E-state index in [2.05, 4.69) is 67.4 Å². The van der Waals surface area contributed by atoms with Crippen LogP contribution in [-0.2, 0) is 19.4 Å². The third kappa shape index (κ3) is 5.08. The summed E-state index contributed by atoms with van der Waals surface area (Å²) in [5.41, 5.74) is 12.0. The first kappa shape index (κ1) is 19.0. The lowest BCUT2D eigenvalue weighted by Crippen LogP contribution is -2.25. The second kappa shape index (κ2) is 8.70. The zero-order chi connectivity index (χ0) is 18.4. The Bertz CT molecular complexity index is 707. The van der Waals surface area contributed by atoms with Gasteiger partial charge in [0.25, 0.3) is 0 Å². The molecule has 0 spiro atoms. The number of aryl methyl sites for hydroxylation is 4. The molecular formula is C20H31N5. The highest BCUT2D eigenvalue weighted by Gasteiger charge is 2.09. The fourth-order valence-electron chi connectivity index (χ4n) is 3.04. The van der Waals surface area contributed by atoms with Crippen LogP contribution in [0.4, 0.5) is 5.69 Å². The molecule has 0 aliphatic heterocycles. The van der Waals surface area contributed by atoms with Gasteiger partial charge in [0, 0.05) is 24.5 Å². The number of aromatic nitrogens is 2. The van der Waals surface area contributed by atoms with E-state index in [1.54, 1.807) is 0 Å². The molecule has 0 saturated heterocycles. The van der Waals surface area contributed by atoms with Gasteiger partial charge >= 0.3 is 0 Å². The number of hydrogen-bond donors (Lipinski definition) is 2. The summed E-state index contributed by atoms with van der Waals surface area (Å²) in [6.45, 7) is 12.1. The van der Waals surface area contributed by atoms with Crippen molar-refractivity contribution in [3.63, 3.8) is 0 Å². The van der Waals surface area contributed by atoms with Crippen LogP contribution in [0.3, 0.4) is 0 Å². The molecule has 3 N–H and O–H groups in total. The van der Waals surface area contributed by atoms with Gasteiger partial charge in [-0.2, -0.15) is 5.10 Å². The van der Waals surface area contributed by atoms with Crippen LogP contribution >= 0.6 is 0 Å². The Labute approximate surface area is 151 Å². The molecule has 25 heavy (non-hydrogen) atoms. The average molecular weight is 342 g/mol. The van der Waals surface area contributed by atoms with Crippen molar-refractivity contribution in [1.82, 2.24) is 9.78 Å². The van der Waals surface area contributed by atoms with Gasteiger partial charge in [0.05, 0.1) is 5.69 Å². The van der Waals surface area contributed by atoms with Gasteiger partial charge in [-0.15, -0.1) is 0 Å². The summed E-state index contributed by atoms with van der Waals surface area (Å²) < 4.78 is 2.04. The Hall–Kier alpha value is -2.30. The largest absolute Gasteiger partial charge is 0.370 e. The molecule has 136 valence electrons. The number of benzene rings is 1. The van der Waals surface area contributed by atoms with Gasteiger partial charge in [-0.3, -0.25) is 9.67 Å². The first-order valence-corrected chi connectivity index (χ1v) is 9.13. The molecule has 2 aromatic rings. The predicted molar refractivity (Wildman–Crippen MR) is 106 cm³/mol. The lowest BCUT2D eigenvalue weighted by Gasteiger charge is -2.16. The zero-order valence-electron chi connectivity index (χ0n) is 16.1. The molecule has 1 aromatic heterocycles. The third-order valence-corrected chi connectivity index (χ3v) is 4.41. The van der Waals surface area contributed by atoms with Crippen molar-refractivity contribution in [2.45, 2.75) is 54.0 Å². The minimum absolute atomic E-state index is 0.366. The second-order valence-electron chi connectivity index (χ2n) is 6.72. The van der Waals surface area contributed by atoms with E-state index in [0.717, 1.165) is 30.8 Å². The van der Waals surface area contributed by atoms with E-state index < -0.39 is 0 Å². The standard InChI is InChI=1S/C20H31N5/c1-6-17-9-8-10-18(7-2)19(17)23-20(21)22-12-14(3)13-25-16(5)11-15(4)24-25/h8-11,14H,6-7,12-13H2,1-5H3,(H3,21,22,23). The van der Waals surface area contributed by atoms with E-state index in [4.69, 9.17) is 5.73 Å². The summed E-state index contributed by atoms with van der Waals surface area (Å²) in [5, 5.41) is 7.83. The molecule has 1 unspecified atom stereocenters. The molecule has 2 rings (SSSR count). The summed E-state index contributed by atoms with van der Waals surface area (Å²) in [4.78, 5) is 4.55. The predicted octanol–water partition coefficient (Wildman–Crippen LogP) is 3.69. The molecule has 5 heteroatoms. The van der Waals surface area contributed by atoms with Crippen LogP contribution in [0.2, 0.25) is 0 Å². The molecule has 1 aromatic carbocycles. The summed E-state index contributed by atoms with van der Waals surface area (Å²) in [5.74, 6) is 0.848. The SMILES string of the molecule is CCc1cccc(CC)c1NC(N)=NCC(C)Cn1nc(C)cc1C. The summed E-state index contributed by atoms with van der Waals surface area (Å²) in [6.07, 6.45) is 1.94. The Kier molecular flexibility index (Phi) is 6.62. The molecule has 1 atom stereocenters. The monoisotopic (exact) mass is 341 g/mol. The number of aliphatic imine (C=N–C) groups is 1. The van der Waals surface area contributed by atoms with E-state index in [-0.39, 0.29) is 0 Å². The fourth-order valence-corrected chi connectivity index (χ4v) is 3.04. The molecule has 5 nitrogen and oxygen atoms in total. The van der Waals surface area contributed by atoms with Gasteiger partial charge in [-0.1, -0.05) is 39.0 Å². The highest BCUT2D eigenvalue weighted by molar-refractivity contribution is 5.93. The van der Waals surface area contributed by atoms with Crippen molar-refractivity contribution in [3.8, 4) is 0 Å². The van der Waals surface area contributed by atoms with Gasteiger partial charge in [0.15, 0.2) is 5.96 Å². The molecule has 0 aliphatic carbocycles. The third-order valence-electron chi connectivity index (χ3n) is 4.41. The van der Waals surface area contributed by atoms with Crippen LogP contribution in [0.15, 0.2) is 29.3 Å². The van der Waals surface area contributed by atoms with Gasteiger partial charge in [-0.25, -0.2) is 0 Å². The van der Waals surface area contributed by atoms with Gasteiger partial charge < -0.3 is 11.1 Å². The lowest BCUT2D eigenvalue weighted by atomic mass is 10.0. The minimum atomic E-state index is 0.366. The molecule has 0 amide bonds. The van der Waals surface area contributed by atoms with E-state index in [0.29, 0.717) is 18.4 Å². The highest BCUT2D eigenvalue weighted by Crippen LogP contribution is 2.22. The van der Waals surface area contributed by atoms with E-state index >= 15 is 0 Å². The van der Waals surface area contributed by atoms with Crippen molar-refractivity contribution in [2.24, 2.45) is 16.6 Å². The average Bonchev–Trinajstić information content (AvgIpc) is 2.90. The van der Waals surface area contributed by atoms with Crippen LogP contribution in [0, 0.1) is 19.8 Å². The van der Waals surface area contributed by atoms with E-state index in [1.165, 1.54) is 16.8 Å². The molecule has 0 aliphatic rings. The Balaban J connectivity index is 2.01. The first-order chi connectivity index (χ1) is 11.9. The first-order valence-electron chi connectivity index (χ1n) is 9.13. The van der Waals surface area contributed by atoms with Gasteiger partial charge in [0.1, 0.15) is 0 Å². The number of anilines is 1. The lowest BCUT2D eigenvalue weighted by molar-refractivity contribution is 0.450. The van der Waals surface area contributed by atoms with Crippen molar-refractivity contribution >= 4 is 11.6 Å². The van der Waals surface area contributed by atoms with Crippen molar-refractivity contribution in [3.05, 3.63) is 46.8 Å². The summed E-state index contributed by atoms with van der Waals surface area (Å²) >= 11 is 0. The number of rotatable bonds is 7. The number of nitrogens with zero attached hydrogens (tertiary/aromatic N) is 3. The Morgan fingerprint density at radius 1 is 1.24 bits per heavy atom. The number of nitrogens with one attached hydrogen (secondary N) is 1. The number of nitrogens with two attached hydrogens (primary N) is 1. The van der Waals surface area contributed by atoms with Crippen LogP contribution < -0.4 is 11.1 Å². The van der Waals surface area contributed by atoms with Crippen LogP contribution in [0.25, 0.3) is 0 Å². The van der Waals surface area contributed by atoms with Crippen molar-refractivity contribution < 1.29 is 0 Å². The maximum atomic E-state index is 6.15. The summed E-state index contributed by atoms with van der Waals surface area (Å²) in [7, 11) is 0. The number of para-hydroxylation sites is 1. The maximum Gasteiger partial charge on any atom is 0.193 e. The Morgan fingerprint density at radius 3 is 2.40 bits per heavy atom. The molecule has 0 fully saturated rings. The quantitative estimate of drug-likeness (QED) is 0.596. The van der Waals surface area contributed by atoms with Gasteiger partial charge in [-0.05, 0) is 49.8 Å². The molecule has 0 radical (unpaired) electrons. The smallest absolute Gasteiger partial charge is 0.193 e. The molecule has 1 heterocycles. The highest BCUT2D eigenvalue weighted by atomic mass is 15.3. The minimum Gasteiger partial charge on any atom is -0.370 e. The molecular weight excluding hydrogens is 310 g/mol. The van der Waals surface area contributed by atoms with E-state index in [9.17, 15) is 0 Å². The number of hydrogen-bond acceptors (Lipinski definition) is 2. The van der Waals surface area contributed by atoms with E-state index in [1.807, 2.05) is 11.6 Å². The van der Waals surface area contributed by atoms with Crippen LogP contribution in [-0.4, -0.2) is 22.3 Å². The topological polar surface area (TPSA) is 68.2 Å². The normalized spacial score (nSPS) is 13.1. The molecule has 0 saturated carbocycles.